The van der Waals surface area contributed by atoms with Gasteiger partial charge < -0.3 is 10.2 Å². The fraction of sp³-hybridized carbons (Fsp3) is 0.545. The van der Waals surface area contributed by atoms with Crippen LogP contribution in [0.3, 0.4) is 0 Å². The van der Waals surface area contributed by atoms with Gasteiger partial charge in [0.1, 0.15) is 6.04 Å². The van der Waals surface area contributed by atoms with Crippen molar-refractivity contribution in [3.8, 4) is 0 Å². The lowest BCUT2D eigenvalue weighted by Gasteiger charge is -2.35. The Balaban J connectivity index is 1.57. The molecule has 2 heterocycles. The van der Waals surface area contributed by atoms with E-state index >= 15 is 0 Å². The van der Waals surface area contributed by atoms with E-state index in [-0.39, 0.29) is 23.3 Å². The van der Waals surface area contributed by atoms with Gasteiger partial charge in [-0.1, -0.05) is 32.9 Å². The van der Waals surface area contributed by atoms with Gasteiger partial charge in [0.25, 0.3) is 11.8 Å². The smallest absolute Gasteiger partial charge is 0.262 e. The molecule has 1 unspecified atom stereocenters. The summed E-state index contributed by atoms with van der Waals surface area (Å²) in [6.45, 7) is 8.65. The Labute approximate surface area is 171 Å². The third-order valence-electron chi connectivity index (χ3n) is 5.43. The standard InChI is InChI=1S/C22H29N3O4/c1-14(25-20(28)16-7-5-6-8-17(16)21(25)29)19(27)24-11-9-15(10-12-24)23-18(26)13-22(2,3)4/h5-8,14-15H,9-13H2,1-4H3,(H,23,26). The first-order valence-electron chi connectivity index (χ1n) is 10.1. The minimum absolute atomic E-state index is 0.0293. The first-order valence-corrected chi connectivity index (χ1v) is 10.1. The predicted molar refractivity (Wildman–Crippen MR) is 108 cm³/mol. The Kier molecular flexibility index (Phi) is 5.78. The van der Waals surface area contributed by atoms with E-state index in [0.29, 0.717) is 43.5 Å². The molecule has 1 N–H and O–H groups in total. The van der Waals surface area contributed by atoms with Crippen LogP contribution in [0, 0.1) is 5.41 Å². The third kappa shape index (κ3) is 4.49. The normalized spacial score (nSPS) is 18.6. The van der Waals surface area contributed by atoms with Gasteiger partial charge in [-0.05, 0) is 37.3 Å². The van der Waals surface area contributed by atoms with E-state index in [2.05, 4.69) is 5.32 Å². The molecule has 1 fully saturated rings. The molecular weight excluding hydrogens is 370 g/mol. The van der Waals surface area contributed by atoms with Crippen molar-refractivity contribution in [3.05, 3.63) is 35.4 Å². The number of nitrogens with one attached hydrogen (secondary N) is 1. The number of amides is 4. The molecule has 4 amide bonds. The van der Waals surface area contributed by atoms with Gasteiger partial charge >= 0.3 is 0 Å². The number of carbonyl (C=O) groups is 4. The third-order valence-corrected chi connectivity index (χ3v) is 5.43. The van der Waals surface area contributed by atoms with Crippen molar-refractivity contribution < 1.29 is 19.2 Å². The molecule has 1 atom stereocenters. The number of likely N-dealkylation sites (tertiary alicyclic amines) is 1. The highest BCUT2D eigenvalue weighted by Crippen LogP contribution is 2.26. The molecular formula is C22H29N3O4. The molecule has 2 aliphatic rings. The monoisotopic (exact) mass is 399 g/mol. The van der Waals surface area contributed by atoms with E-state index in [4.69, 9.17) is 0 Å². The average Bonchev–Trinajstić information content (AvgIpc) is 2.91. The van der Waals surface area contributed by atoms with E-state index < -0.39 is 17.9 Å². The van der Waals surface area contributed by atoms with Gasteiger partial charge in [0.05, 0.1) is 11.1 Å². The fourth-order valence-electron chi connectivity index (χ4n) is 3.94. The maximum Gasteiger partial charge on any atom is 0.262 e. The van der Waals surface area contributed by atoms with Crippen molar-refractivity contribution in [2.75, 3.05) is 13.1 Å². The average molecular weight is 399 g/mol. The Morgan fingerprint density at radius 2 is 1.59 bits per heavy atom. The van der Waals surface area contributed by atoms with Crippen LogP contribution in [0.2, 0.25) is 0 Å². The van der Waals surface area contributed by atoms with Crippen molar-refractivity contribution in [1.29, 1.82) is 0 Å². The minimum atomic E-state index is -0.852. The molecule has 3 rings (SSSR count). The molecule has 0 saturated carbocycles. The number of piperidine rings is 1. The summed E-state index contributed by atoms with van der Waals surface area (Å²) in [6.07, 6.45) is 1.79. The zero-order chi connectivity index (χ0) is 21.3. The van der Waals surface area contributed by atoms with E-state index in [1.54, 1.807) is 36.1 Å². The quantitative estimate of drug-likeness (QED) is 0.787. The predicted octanol–water partition coefficient (Wildman–Crippen LogP) is 2.21. The number of rotatable bonds is 4. The lowest BCUT2D eigenvalue weighted by atomic mass is 9.91. The van der Waals surface area contributed by atoms with Gasteiger partial charge in [-0.25, -0.2) is 0 Å². The SMILES string of the molecule is CC(C(=O)N1CCC(NC(=O)CC(C)(C)C)CC1)N1C(=O)c2ccccc2C1=O. The van der Waals surface area contributed by atoms with Crippen molar-refractivity contribution in [2.45, 2.75) is 59.0 Å². The van der Waals surface area contributed by atoms with Crippen LogP contribution in [-0.4, -0.2) is 58.6 Å². The maximum atomic E-state index is 12.9. The fourth-order valence-corrected chi connectivity index (χ4v) is 3.94. The molecule has 0 spiro atoms. The highest BCUT2D eigenvalue weighted by Gasteiger charge is 2.42. The Morgan fingerprint density at radius 1 is 1.07 bits per heavy atom. The zero-order valence-electron chi connectivity index (χ0n) is 17.5. The van der Waals surface area contributed by atoms with Crippen LogP contribution in [0.1, 0.15) is 67.7 Å². The number of nitrogens with zero attached hydrogens (tertiary/aromatic N) is 2. The van der Waals surface area contributed by atoms with Crippen molar-refractivity contribution in [1.82, 2.24) is 15.1 Å². The molecule has 0 radical (unpaired) electrons. The van der Waals surface area contributed by atoms with Crippen LogP contribution >= 0.6 is 0 Å². The largest absolute Gasteiger partial charge is 0.353 e. The number of hydrogen-bond donors (Lipinski definition) is 1. The number of imide groups is 1. The second-order valence-corrected chi connectivity index (χ2v) is 9.11. The molecule has 7 heteroatoms. The summed E-state index contributed by atoms with van der Waals surface area (Å²) >= 11 is 0. The number of fused-ring (bicyclic) bond motifs is 1. The van der Waals surface area contributed by atoms with Gasteiger partial charge in [0.15, 0.2) is 0 Å². The van der Waals surface area contributed by atoms with E-state index in [9.17, 15) is 19.2 Å². The molecule has 0 aliphatic carbocycles. The van der Waals surface area contributed by atoms with Gasteiger partial charge in [0.2, 0.25) is 11.8 Å². The molecule has 156 valence electrons. The van der Waals surface area contributed by atoms with Gasteiger partial charge in [0, 0.05) is 25.6 Å². The summed E-state index contributed by atoms with van der Waals surface area (Å²) in [4.78, 5) is 53.0. The second-order valence-electron chi connectivity index (χ2n) is 9.11. The first-order chi connectivity index (χ1) is 13.6. The summed E-state index contributed by atoms with van der Waals surface area (Å²) in [5.41, 5.74) is 0.623. The van der Waals surface area contributed by atoms with Crippen LogP contribution in [0.15, 0.2) is 24.3 Å². The van der Waals surface area contributed by atoms with Gasteiger partial charge in [-0.3, -0.25) is 24.1 Å². The Morgan fingerprint density at radius 3 is 2.07 bits per heavy atom. The summed E-state index contributed by atoms with van der Waals surface area (Å²) in [6, 6.07) is 5.83. The van der Waals surface area contributed by atoms with Crippen LogP contribution in [0.25, 0.3) is 0 Å². The molecule has 2 aliphatic heterocycles. The summed E-state index contributed by atoms with van der Waals surface area (Å²) < 4.78 is 0. The van der Waals surface area contributed by atoms with Crippen molar-refractivity contribution in [2.24, 2.45) is 5.41 Å². The minimum Gasteiger partial charge on any atom is -0.353 e. The molecule has 0 aromatic heterocycles. The maximum absolute atomic E-state index is 12.9. The van der Waals surface area contributed by atoms with Crippen molar-refractivity contribution in [3.63, 3.8) is 0 Å². The summed E-state index contributed by atoms with van der Waals surface area (Å²) in [5, 5.41) is 3.05. The first kappa shape index (κ1) is 21.0. The second kappa shape index (κ2) is 7.97. The number of hydrogen-bond acceptors (Lipinski definition) is 4. The molecule has 7 nitrogen and oxygen atoms in total. The van der Waals surface area contributed by atoms with Gasteiger partial charge in [-0.2, -0.15) is 0 Å². The highest BCUT2D eigenvalue weighted by atomic mass is 16.2. The molecule has 1 aromatic rings. The molecule has 29 heavy (non-hydrogen) atoms. The topological polar surface area (TPSA) is 86.8 Å². The number of carbonyl (C=O) groups excluding carboxylic acids is 4. The van der Waals surface area contributed by atoms with Crippen LogP contribution < -0.4 is 5.32 Å². The lowest BCUT2D eigenvalue weighted by molar-refractivity contribution is -0.136. The Bertz CT molecular complexity index is 800. The van der Waals surface area contributed by atoms with E-state index in [0.717, 1.165) is 4.90 Å². The zero-order valence-corrected chi connectivity index (χ0v) is 17.5. The van der Waals surface area contributed by atoms with Crippen LogP contribution in [-0.2, 0) is 9.59 Å². The summed E-state index contributed by atoms with van der Waals surface area (Å²) in [7, 11) is 0. The molecule has 0 bridgehead atoms. The highest BCUT2D eigenvalue weighted by molar-refractivity contribution is 6.22. The summed E-state index contributed by atoms with van der Waals surface area (Å²) in [5.74, 6) is -1.05. The van der Waals surface area contributed by atoms with Crippen molar-refractivity contribution >= 4 is 23.6 Å². The molecule has 1 aromatic carbocycles. The molecule has 1 saturated heterocycles. The van der Waals surface area contributed by atoms with Gasteiger partial charge in [-0.15, -0.1) is 0 Å². The van der Waals surface area contributed by atoms with E-state index in [1.807, 2.05) is 20.8 Å². The lowest BCUT2D eigenvalue weighted by Crippen LogP contribution is -2.53. The van der Waals surface area contributed by atoms with E-state index in [1.165, 1.54) is 0 Å². The van der Waals surface area contributed by atoms with Crippen LogP contribution in [0.4, 0.5) is 0 Å². The number of benzene rings is 1. The Hall–Kier alpha value is -2.70. The van der Waals surface area contributed by atoms with Crippen LogP contribution in [0.5, 0.6) is 0 Å².